The third-order valence-electron chi connectivity index (χ3n) is 4.91. The lowest BCUT2D eigenvalue weighted by Gasteiger charge is -2.27. The van der Waals surface area contributed by atoms with Crippen LogP contribution >= 0.6 is 0 Å². The van der Waals surface area contributed by atoms with Crippen molar-refractivity contribution < 1.29 is 29.0 Å². The Morgan fingerprint density at radius 1 is 1.00 bits per heavy atom. The van der Waals surface area contributed by atoms with E-state index in [9.17, 15) is 5.11 Å². The lowest BCUT2D eigenvalue weighted by atomic mass is 9.98. The number of nitrogens with one attached hydrogen (secondary N) is 1. The fraction of sp³-hybridized carbons (Fsp3) is 0.368. The van der Waals surface area contributed by atoms with Crippen LogP contribution in [-0.2, 0) is 19.5 Å². The Morgan fingerprint density at radius 2 is 1.68 bits per heavy atom. The van der Waals surface area contributed by atoms with Gasteiger partial charge in [0.2, 0.25) is 6.79 Å². The summed E-state index contributed by atoms with van der Waals surface area (Å²) in [6.45, 7) is 2.82. The standard InChI is InChI=1S/C19H21NO5/c1-22-16-5-12-3-4-20(9-13(12)6-17(16)23-2)10-14-7-18-19(8-15(14)21)25-11-24-18/h5-8,21H,3-4,9-11H2,1-2H3/p+1. The lowest BCUT2D eigenvalue weighted by molar-refractivity contribution is -0.929. The Labute approximate surface area is 146 Å². The van der Waals surface area contributed by atoms with Gasteiger partial charge < -0.3 is 29.0 Å². The zero-order chi connectivity index (χ0) is 17.4. The highest BCUT2D eigenvalue weighted by atomic mass is 16.7. The highest BCUT2D eigenvalue weighted by Crippen LogP contribution is 2.37. The molecule has 1 unspecified atom stereocenters. The van der Waals surface area contributed by atoms with Crippen molar-refractivity contribution in [1.29, 1.82) is 0 Å². The Hall–Kier alpha value is -2.60. The van der Waals surface area contributed by atoms with Gasteiger partial charge in [-0.2, -0.15) is 0 Å². The Bertz CT molecular complexity index is 805. The summed E-state index contributed by atoms with van der Waals surface area (Å²) in [5, 5.41) is 10.3. The molecule has 0 saturated carbocycles. The molecule has 0 fully saturated rings. The summed E-state index contributed by atoms with van der Waals surface area (Å²) in [5.41, 5.74) is 3.44. The second-order valence-corrected chi connectivity index (χ2v) is 6.41. The molecule has 0 aliphatic carbocycles. The maximum Gasteiger partial charge on any atom is 0.231 e. The molecule has 2 aliphatic heterocycles. The number of benzene rings is 2. The van der Waals surface area contributed by atoms with E-state index in [0.717, 1.165) is 43.1 Å². The van der Waals surface area contributed by atoms with E-state index in [0.29, 0.717) is 11.5 Å². The third-order valence-corrected chi connectivity index (χ3v) is 4.91. The van der Waals surface area contributed by atoms with Crippen LogP contribution in [0.5, 0.6) is 28.7 Å². The van der Waals surface area contributed by atoms with E-state index in [1.807, 2.05) is 6.07 Å². The second-order valence-electron chi connectivity index (χ2n) is 6.41. The molecule has 0 radical (unpaired) electrons. The van der Waals surface area contributed by atoms with Crippen LogP contribution in [0.2, 0.25) is 0 Å². The number of aromatic hydroxyl groups is 1. The average molecular weight is 344 g/mol. The maximum absolute atomic E-state index is 10.3. The first-order valence-electron chi connectivity index (χ1n) is 8.36. The first-order valence-corrected chi connectivity index (χ1v) is 8.36. The number of methoxy groups -OCH3 is 2. The molecule has 2 aliphatic rings. The van der Waals surface area contributed by atoms with Gasteiger partial charge in [0.05, 0.1) is 26.3 Å². The molecular weight excluding hydrogens is 322 g/mol. The molecular formula is C19H22NO5+. The molecule has 6 heteroatoms. The number of phenolic OH excluding ortho intramolecular Hbond substituents is 1. The van der Waals surface area contributed by atoms with E-state index in [1.54, 1.807) is 20.3 Å². The molecule has 25 heavy (non-hydrogen) atoms. The van der Waals surface area contributed by atoms with Gasteiger partial charge in [-0.1, -0.05) is 0 Å². The zero-order valence-corrected chi connectivity index (χ0v) is 14.4. The summed E-state index contributed by atoms with van der Waals surface area (Å²) in [6.07, 6.45) is 0.969. The first-order chi connectivity index (χ1) is 12.2. The molecule has 0 aromatic heterocycles. The van der Waals surface area contributed by atoms with Crippen LogP contribution in [-0.4, -0.2) is 32.7 Å². The Balaban J connectivity index is 1.55. The van der Waals surface area contributed by atoms with Gasteiger partial charge in [0.1, 0.15) is 18.8 Å². The van der Waals surface area contributed by atoms with Gasteiger partial charge >= 0.3 is 0 Å². The average Bonchev–Trinajstić information content (AvgIpc) is 3.07. The maximum atomic E-state index is 10.3. The number of hydrogen-bond donors (Lipinski definition) is 2. The van der Waals surface area contributed by atoms with E-state index < -0.39 is 0 Å². The molecule has 2 heterocycles. The smallest absolute Gasteiger partial charge is 0.231 e. The molecule has 0 amide bonds. The predicted molar refractivity (Wildman–Crippen MR) is 90.7 cm³/mol. The van der Waals surface area contributed by atoms with Gasteiger partial charge in [-0.05, 0) is 23.8 Å². The summed E-state index contributed by atoms with van der Waals surface area (Å²) < 4.78 is 21.5. The fourth-order valence-electron chi connectivity index (χ4n) is 3.56. The van der Waals surface area contributed by atoms with Crippen LogP contribution in [0.1, 0.15) is 16.7 Å². The topological polar surface area (TPSA) is 61.6 Å². The quantitative estimate of drug-likeness (QED) is 0.875. The largest absolute Gasteiger partial charge is 0.507 e. The molecule has 2 N–H and O–H groups in total. The minimum atomic E-state index is 0.212. The second kappa shape index (κ2) is 6.37. The molecule has 0 saturated heterocycles. The number of ether oxygens (including phenoxy) is 4. The highest BCUT2D eigenvalue weighted by Gasteiger charge is 2.25. The lowest BCUT2D eigenvalue weighted by Crippen LogP contribution is -3.10. The van der Waals surface area contributed by atoms with E-state index in [-0.39, 0.29) is 12.5 Å². The molecule has 0 bridgehead atoms. The van der Waals surface area contributed by atoms with Crippen LogP contribution in [0.4, 0.5) is 0 Å². The highest BCUT2D eigenvalue weighted by molar-refractivity contribution is 5.51. The Morgan fingerprint density at radius 3 is 2.40 bits per heavy atom. The van der Waals surface area contributed by atoms with Crippen molar-refractivity contribution in [2.45, 2.75) is 19.5 Å². The number of rotatable bonds is 4. The van der Waals surface area contributed by atoms with E-state index in [1.165, 1.54) is 16.0 Å². The molecule has 4 rings (SSSR count). The summed E-state index contributed by atoms with van der Waals surface area (Å²) in [6, 6.07) is 7.66. The Kier molecular flexibility index (Phi) is 4.05. The number of quaternary nitrogens is 1. The first kappa shape index (κ1) is 15.9. The molecule has 2 aromatic rings. The van der Waals surface area contributed by atoms with Crippen molar-refractivity contribution in [1.82, 2.24) is 0 Å². The normalized spacial score (nSPS) is 17.9. The molecule has 2 aromatic carbocycles. The fourth-order valence-corrected chi connectivity index (χ4v) is 3.56. The van der Waals surface area contributed by atoms with Crippen molar-refractivity contribution >= 4 is 0 Å². The number of fused-ring (bicyclic) bond motifs is 2. The van der Waals surface area contributed by atoms with Gasteiger partial charge in [0.15, 0.2) is 23.0 Å². The van der Waals surface area contributed by atoms with Crippen molar-refractivity contribution in [3.63, 3.8) is 0 Å². The van der Waals surface area contributed by atoms with Gasteiger partial charge in [0, 0.05) is 18.1 Å². The van der Waals surface area contributed by atoms with Crippen LogP contribution in [0, 0.1) is 0 Å². The van der Waals surface area contributed by atoms with Crippen molar-refractivity contribution in [3.8, 4) is 28.7 Å². The third kappa shape index (κ3) is 2.93. The minimum absolute atomic E-state index is 0.212. The monoisotopic (exact) mass is 344 g/mol. The molecule has 0 spiro atoms. The van der Waals surface area contributed by atoms with Crippen molar-refractivity contribution in [3.05, 3.63) is 41.0 Å². The van der Waals surface area contributed by atoms with Gasteiger partial charge in [-0.25, -0.2) is 0 Å². The van der Waals surface area contributed by atoms with Crippen LogP contribution in [0.25, 0.3) is 0 Å². The van der Waals surface area contributed by atoms with E-state index in [2.05, 4.69) is 12.1 Å². The summed E-state index contributed by atoms with van der Waals surface area (Å²) >= 11 is 0. The van der Waals surface area contributed by atoms with E-state index in [4.69, 9.17) is 18.9 Å². The van der Waals surface area contributed by atoms with Gasteiger partial charge in [-0.3, -0.25) is 0 Å². The van der Waals surface area contributed by atoms with Crippen LogP contribution < -0.4 is 23.8 Å². The number of hydrogen-bond acceptors (Lipinski definition) is 5. The number of phenols is 1. The van der Waals surface area contributed by atoms with Gasteiger partial charge in [-0.15, -0.1) is 0 Å². The van der Waals surface area contributed by atoms with Crippen LogP contribution in [0.3, 0.4) is 0 Å². The summed E-state index contributed by atoms with van der Waals surface area (Å²) in [4.78, 5) is 1.38. The summed E-state index contributed by atoms with van der Waals surface area (Å²) in [5.74, 6) is 3.11. The zero-order valence-electron chi connectivity index (χ0n) is 14.4. The van der Waals surface area contributed by atoms with Gasteiger partial charge in [0.25, 0.3) is 0 Å². The molecule has 1 atom stereocenters. The minimum Gasteiger partial charge on any atom is -0.507 e. The SMILES string of the molecule is COc1cc2c(cc1OC)C[NH+](Cc1cc3c(cc1O)OCO3)CC2. The van der Waals surface area contributed by atoms with Crippen molar-refractivity contribution in [2.75, 3.05) is 27.6 Å². The molecule has 132 valence electrons. The van der Waals surface area contributed by atoms with E-state index >= 15 is 0 Å². The van der Waals surface area contributed by atoms with Crippen molar-refractivity contribution in [2.24, 2.45) is 0 Å². The van der Waals surface area contributed by atoms with Crippen LogP contribution in [0.15, 0.2) is 24.3 Å². The summed E-state index contributed by atoms with van der Waals surface area (Å²) in [7, 11) is 3.31. The molecule has 6 nitrogen and oxygen atoms in total. The predicted octanol–water partition coefficient (Wildman–Crippen LogP) is 1.28.